The zero-order valence-corrected chi connectivity index (χ0v) is 15.1. The molecule has 1 aliphatic rings. The molecule has 1 fully saturated rings. The van der Waals surface area contributed by atoms with Crippen LogP contribution < -0.4 is 5.32 Å². The van der Waals surface area contributed by atoms with Crippen LogP contribution in [0.5, 0.6) is 0 Å². The Morgan fingerprint density at radius 3 is 2.81 bits per heavy atom. The minimum atomic E-state index is 0.562. The first-order chi connectivity index (χ1) is 10.2. The summed E-state index contributed by atoms with van der Waals surface area (Å²) in [6.45, 7) is 5.50. The van der Waals surface area contributed by atoms with Crippen molar-refractivity contribution in [1.29, 1.82) is 0 Å². The van der Waals surface area contributed by atoms with E-state index in [9.17, 15) is 0 Å². The second-order valence-electron chi connectivity index (χ2n) is 5.91. The van der Waals surface area contributed by atoms with Gasteiger partial charge in [0.05, 0.1) is 0 Å². The molecule has 1 aromatic carbocycles. The van der Waals surface area contributed by atoms with E-state index in [1.54, 1.807) is 0 Å². The lowest BCUT2D eigenvalue weighted by molar-refractivity contribution is 0.488. The molecule has 21 heavy (non-hydrogen) atoms. The third-order valence-corrected chi connectivity index (χ3v) is 6.35. The fourth-order valence-electron chi connectivity index (χ4n) is 2.73. The molecule has 1 N–H and O–H groups in total. The maximum atomic E-state index is 3.74. The van der Waals surface area contributed by atoms with Gasteiger partial charge < -0.3 is 5.32 Å². The standard InChI is InChI=1S/C18H22BrNS/c1-3-11-20-18(13-7-8-13)16-10-9-15(21-16)14-6-4-5-12(2)17(14)19/h4-6,9-10,13,18,20H,3,7-8,11H2,1-2H3. The smallest absolute Gasteiger partial charge is 0.0443 e. The Morgan fingerprint density at radius 2 is 2.10 bits per heavy atom. The number of thiophene rings is 1. The maximum Gasteiger partial charge on any atom is 0.0443 e. The quantitative estimate of drug-likeness (QED) is 0.669. The monoisotopic (exact) mass is 363 g/mol. The molecule has 0 radical (unpaired) electrons. The first-order valence-electron chi connectivity index (χ1n) is 7.79. The fraction of sp³-hybridized carbons (Fsp3) is 0.444. The molecule has 1 aliphatic carbocycles. The number of halogens is 1. The van der Waals surface area contributed by atoms with Crippen LogP contribution in [0, 0.1) is 12.8 Å². The summed E-state index contributed by atoms with van der Waals surface area (Å²) in [5.74, 6) is 0.851. The Hall–Kier alpha value is -0.640. The molecule has 0 saturated heterocycles. The summed E-state index contributed by atoms with van der Waals surface area (Å²) in [6.07, 6.45) is 3.95. The first kappa shape index (κ1) is 15.3. The lowest BCUT2D eigenvalue weighted by Crippen LogP contribution is -2.22. The van der Waals surface area contributed by atoms with Crippen molar-refractivity contribution in [3.63, 3.8) is 0 Å². The Morgan fingerprint density at radius 1 is 1.29 bits per heavy atom. The molecular formula is C18H22BrNS. The van der Waals surface area contributed by atoms with E-state index in [4.69, 9.17) is 0 Å². The van der Waals surface area contributed by atoms with Crippen molar-refractivity contribution in [2.24, 2.45) is 5.92 Å². The summed E-state index contributed by atoms with van der Waals surface area (Å²) in [4.78, 5) is 2.86. The fourth-order valence-corrected chi connectivity index (χ4v) is 4.55. The van der Waals surface area contributed by atoms with E-state index in [1.807, 2.05) is 11.3 Å². The molecule has 1 unspecified atom stereocenters. The van der Waals surface area contributed by atoms with E-state index in [2.05, 4.69) is 65.4 Å². The van der Waals surface area contributed by atoms with Gasteiger partial charge in [-0.05, 0) is 72.3 Å². The van der Waals surface area contributed by atoms with Crippen molar-refractivity contribution < 1.29 is 0 Å². The van der Waals surface area contributed by atoms with Gasteiger partial charge in [0, 0.05) is 25.8 Å². The third-order valence-electron chi connectivity index (χ3n) is 4.10. The summed E-state index contributed by atoms with van der Waals surface area (Å²) in [6, 6.07) is 11.7. The summed E-state index contributed by atoms with van der Waals surface area (Å²) in [5.41, 5.74) is 2.61. The van der Waals surface area contributed by atoms with E-state index < -0.39 is 0 Å². The van der Waals surface area contributed by atoms with Crippen molar-refractivity contribution in [3.05, 3.63) is 45.2 Å². The molecule has 0 amide bonds. The molecule has 1 nitrogen and oxygen atoms in total. The average Bonchev–Trinajstić information content (AvgIpc) is 3.20. The highest BCUT2D eigenvalue weighted by molar-refractivity contribution is 9.10. The van der Waals surface area contributed by atoms with Crippen molar-refractivity contribution in [3.8, 4) is 10.4 Å². The highest BCUT2D eigenvalue weighted by Gasteiger charge is 2.32. The van der Waals surface area contributed by atoms with Crippen molar-refractivity contribution in [2.75, 3.05) is 6.54 Å². The number of hydrogen-bond donors (Lipinski definition) is 1. The van der Waals surface area contributed by atoms with Crippen LogP contribution in [0.15, 0.2) is 34.8 Å². The van der Waals surface area contributed by atoms with Gasteiger partial charge in [-0.1, -0.05) is 25.1 Å². The molecule has 1 saturated carbocycles. The molecule has 1 atom stereocenters. The largest absolute Gasteiger partial charge is 0.309 e. The van der Waals surface area contributed by atoms with Gasteiger partial charge in [-0.25, -0.2) is 0 Å². The van der Waals surface area contributed by atoms with Crippen molar-refractivity contribution in [1.82, 2.24) is 5.32 Å². The summed E-state index contributed by atoms with van der Waals surface area (Å²) >= 11 is 5.68. The molecule has 1 aromatic heterocycles. The lowest BCUT2D eigenvalue weighted by atomic mass is 10.1. The number of aryl methyl sites for hydroxylation is 1. The minimum absolute atomic E-state index is 0.562. The number of benzene rings is 1. The van der Waals surface area contributed by atoms with E-state index >= 15 is 0 Å². The number of hydrogen-bond acceptors (Lipinski definition) is 2. The zero-order chi connectivity index (χ0) is 14.8. The van der Waals surface area contributed by atoms with Crippen LogP contribution in [0.4, 0.5) is 0 Å². The van der Waals surface area contributed by atoms with Gasteiger partial charge in [-0.15, -0.1) is 11.3 Å². The topological polar surface area (TPSA) is 12.0 Å². The van der Waals surface area contributed by atoms with Crippen LogP contribution in [-0.4, -0.2) is 6.54 Å². The summed E-state index contributed by atoms with van der Waals surface area (Å²) < 4.78 is 1.22. The predicted octanol–water partition coefficient (Wildman–Crippen LogP) is 5.94. The Kier molecular flexibility index (Phi) is 4.82. The van der Waals surface area contributed by atoms with Crippen molar-refractivity contribution in [2.45, 2.75) is 39.2 Å². The molecular weight excluding hydrogens is 342 g/mol. The van der Waals surface area contributed by atoms with Crippen LogP contribution in [0.25, 0.3) is 10.4 Å². The van der Waals surface area contributed by atoms with Gasteiger partial charge in [-0.2, -0.15) is 0 Å². The molecule has 0 bridgehead atoms. The maximum absolute atomic E-state index is 3.74. The summed E-state index contributed by atoms with van der Waals surface area (Å²) in [5, 5.41) is 3.74. The lowest BCUT2D eigenvalue weighted by Gasteiger charge is -2.16. The Balaban J connectivity index is 1.86. The average molecular weight is 364 g/mol. The van der Waals surface area contributed by atoms with Crippen LogP contribution >= 0.6 is 27.3 Å². The minimum Gasteiger partial charge on any atom is -0.309 e. The second-order valence-corrected chi connectivity index (χ2v) is 7.82. The van der Waals surface area contributed by atoms with E-state index in [0.717, 1.165) is 12.5 Å². The van der Waals surface area contributed by atoms with E-state index in [1.165, 1.54) is 44.6 Å². The highest BCUT2D eigenvalue weighted by Crippen LogP contribution is 2.45. The van der Waals surface area contributed by atoms with E-state index in [0.29, 0.717) is 6.04 Å². The van der Waals surface area contributed by atoms with Crippen LogP contribution in [0.1, 0.15) is 42.7 Å². The molecule has 3 heteroatoms. The van der Waals surface area contributed by atoms with Gasteiger partial charge >= 0.3 is 0 Å². The van der Waals surface area contributed by atoms with E-state index in [-0.39, 0.29) is 0 Å². The van der Waals surface area contributed by atoms with Crippen LogP contribution in [0.2, 0.25) is 0 Å². The highest BCUT2D eigenvalue weighted by atomic mass is 79.9. The Labute approximate surface area is 139 Å². The molecule has 0 aliphatic heterocycles. The van der Waals surface area contributed by atoms with Gasteiger partial charge in [0.2, 0.25) is 0 Å². The molecule has 112 valence electrons. The third kappa shape index (κ3) is 3.41. The normalized spacial score (nSPS) is 16.1. The number of nitrogens with one attached hydrogen (secondary N) is 1. The molecule has 2 aromatic rings. The van der Waals surface area contributed by atoms with Gasteiger partial charge in [0.1, 0.15) is 0 Å². The zero-order valence-electron chi connectivity index (χ0n) is 12.7. The van der Waals surface area contributed by atoms with Gasteiger partial charge in [-0.3, -0.25) is 0 Å². The molecule has 1 heterocycles. The predicted molar refractivity (Wildman–Crippen MR) is 96.0 cm³/mol. The first-order valence-corrected chi connectivity index (χ1v) is 9.40. The second kappa shape index (κ2) is 6.64. The van der Waals surface area contributed by atoms with Crippen LogP contribution in [-0.2, 0) is 0 Å². The van der Waals surface area contributed by atoms with Crippen LogP contribution in [0.3, 0.4) is 0 Å². The summed E-state index contributed by atoms with van der Waals surface area (Å²) in [7, 11) is 0. The molecule has 0 spiro atoms. The van der Waals surface area contributed by atoms with Gasteiger partial charge in [0.25, 0.3) is 0 Å². The SMILES string of the molecule is CCCNC(c1ccc(-c2cccc(C)c2Br)s1)C1CC1. The van der Waals surface area contributed by atoms with Gasteiger partial charge in [0.15, 0.2) is 0 Å². The number of rotatable bonds is 6. The Bertz CT molecular complexity index is 615. The molecule has 3 rings (SSSR count). The van der Waals surface area contributed by atoms with Crippen molar-refractivity contribution >= 4 is 27.3 Å².